The van der Waals surface area contributed by atoms with Gasteiger partial charge in [0.2, 0.25) is 5.91 Å². The van der Waals surface area contributed by atoms with E-state index in [9.17, 15) is 4.79 Å². The fraction of sp³-hybridized carbons (Fsp3) is 0.692. The van der Waals surface area contributed by atoms with Crippen LogP contribution in [0.3, 0.4) is 0 Å². The standard InChI is InChI=1S/C13H22N4O2/c1-17-8-3-11(16-17)9-15-12(18)13(10-19-2)4-6-14-7-5-13/h3,8,14H,4-7,9-10H2,1-2H3,(H,15,18). The molecular weight excluding hydrogens is 244 g/mol. The third-order valence-electron chi connectivity index (χ3n) is 3.66. The number of amides is 1. The number of aromatic nitrogens is 2. The predicted octanol–water partition coefficient (Wildman–Crippen LogP) is 0.0525. The first kappa shape index (κ1) is 14.0. The van der Waals surface area contributed by atoms with Gasteiger partial charge in [-0.05, 0) is 32.0 Å². The predicted molar refractivity (Wildman–Crippen MR) is 71.5 cm³/mol. The Morgan fingerprint density at radius 3 is 2.89 bits per heavy atom. The molecule has 6 heteroatoms. The van der Waals surface area contributed by atoms with Crippen molar-refractivity contribution in [1.29, 1.82) is 0 Å². The SMILES string of the molecule is COCC1(C(=O)NCc2ccn(C)n2)CCNCC1. The van der Waals surface area contributed by atoms with Crippen molar-refractivity contribution in [3.63, 3.8) is 0 Å². The summed E-state index contributed by atoms with van der Waals surface area (Å²) < 4.78 is 6.99. The molecule has 2 rings (SSSR count). The number of piperidine rings is 1. The highest BCUT2D eigenvalue weighted by molar-refractivity contribution is 5.82. The van der Waals surface area contributed by atoms with E-state index in [1.165, 1.54) is 0 Å². The zero-order chi connectivity index (χ0) is 13.7. The Kier molecular flexibility index (Phi) is 4.55. The van der Waals surface area contributed by atoms with Gasteiger partial charge < -0.3 is 15.4 Å². The molecule has 0 aliphatic carbocycles. The molecule has 1 fully saturated rings. The second-order valence-corrected chi connectivity index (χ2v) is 5.13. The quantitative estimate of drug-likeness (QED) is 0.790. The second-order valence-electron chi connectivity index (χ2n) is 5.13. The molecule has 0 radical (unpaired) electrons. The summed E-state index contributed by atoms with van der Waals surface area (Å²) in [6.07, 6.45) is 3.50. The highest BCUT2D eigenvalue weighted by Gasteiger charge is 2.39. The molecule has 1 aromatic heterocycles. The Morgan fingerprint density at radius 2 is 2.32 bits per heavy atom. The van der Waals surface area contributed by atoms with E-state index in [-0.39, 0.29) is 5.91 Å². The van der Waals surface area contributed by atoms with Gasteiger partial charge in [-0.2, -0.15) is 5.10 Å². The number of hydrogen-bond donors (Lipinski definition) is 2. The molecule has 1 amide bonds. The molecule has 0 bridgehead atoms. The van der Waals surface area contributed by atoms with E-state index < -0.39 is 5.41 Å². The number of rotatable bonds is 5. The number of aryl methyl sites for hydroxylation is 1. The third kappa shape index (κ3) is 3.33. The van der Waals surface area contributed by atoms with Crippen LogP contribution in [0.15, 0.2) is 12.3 Å². The number of nitrogens with zero attached hydrogens (tertiary/aromatic N) is 2. The van der Waals surface area contributed by atoms with E-state index >= 15 is 0 Å². The maximum absolute atomic E-state index is 12.4. The van der Waals surface area contributed by atoms with Crippen LogP contribution in [0.1, 0.15) is 18.5 Å². The number of carbonyl (C=O) groups excluding carboxylic acids is 1. The fourth-order valence-electron chi connectivity index (χ4n) is 2.53. The first-order chi connectivity index (χ1) is 9.16. The molecule has 2 heterocycles. The summed E-state index contributed by atoms with van der Waals surface area (Å²) in [4.78, 5) is 12.4. The minimum absolute atomic E-state index is 0.0708. The van der Waals surface area contributed by atoms with Gasteiger partial charge in [0.1, 0.15) is 0 Å². The van der Waals surface area contributed by atoms with Crippen molar-refractivity contribution in [2.45, 2.75) is 19.4 Å². The zero-order valence-electron chi connectivity index (χ0n) is 11.6. The van der Waals surface area contributed by atoms with Crippen LogP contribution in [0.4, 0.5) is 0 Å². The van der Waals surface area contributed by atoms with Crippen LogP contribution in [0.5, 0.6) is 0 Å². The van der Waals surface area contributed by atoms with E-state index in [1.54, 1.807) is 11.8 Å². The molecule has 0 saturated carbocycles. The number of ether oxygens (including phenoxy) is 1. The van der Waals surface area contributed by atoms with Gasteiger partial charge in [-0.15, -0.1) is 0 Å². The molecule has 0 aromatic carbocycles. The summed E-state index contributed by atoms with van der Waals surface area (Å²) in [5.74, 6) is 0.0708. The van der Waals surface area contributed by atoms with Gasteiger partial charge in [-0.1, -0.05) is 0 Å². The smallest absolute Gasteiger partial charge is 0.228 e. The molecular formula is C13H22N4O2. The molecule has 106 valence electrons. The summed E-state index contributed by atoms with van der Waals surface area (Å²) in [6, 6.07) is 1.91. The molecule has 1 saturated heterocycles. The van der Waals surface area contributed by atoms with E-state index in [4.69, 9.17) is 4.74 Å². The lowest BCUT2D eigenvalue weighted by Crippen LogP contribution is -2.50. The number of carbonyl (C=O) groups is 1. The topological polar surface area (TPSA) is 68.2 Å². The van der Waals surface area contributed by atoms with Crippen molar-refractivity contribution in [3.05, 3.63) is 18.0 Å². The highest BCUT2D eigenvalue weighted by atomic mass is 16.5. The van der Waals surface area contributed by atoms with E-state index in [1.807, 2.05) is 19.3 Å². The first-order valence-corrected chi connectivity index (χ1v) is 6.63. The van der Waals surface area contributed by atoms with Crippen LogP contribution < -0.4 is 10.6 Å². The molecule has 6 nitrogen and oxygen atoms in total. The van der Waals surface area contributed by atoms with Crippen molar-refractivity contribution >= 4 is 5.91 Å². The highest BCUT2D eigenvalue weighted by Crippen LogP contribution is 2.29. The first-order valence-electron chi connectivity index (χ1n) is 6.63. The second kappa shape index (κ2) is 6.16. The molecule has 1 aliphatic heterocycles. The molecule has 1 aliphatic rings. The van der Waals surface area contributed by atoms with Gasteiger partial charge in [0.15, 0.2) is 0 Å². The Balaban J connectivity index is 1.95. The summed E-state index contributed by atoms with van der Waals surface area (Å²) in [5.41, 5.74) is 0.478. The minimum atomic E-state index is -0.394. The van der Waals surface area contributed by atoms with Crippen LogP contribution in [-0.4, -0.2) is 42.5 Å². The van der Waals surface area contributed by atoms with Crippen LogP contribution in [0.2, 0.25) is 0 Å². The zero-order valence-corrected chi connectivity index (χ0v) is 11.6. The Labute approximate surface area is 113 Å². The molecule has 1 aromatic rings. The van der Waals surface area contributed by atoms with Crippen molar-refractivity contribution in [2.75, 3.05) is 26.8 Å². The van der Waals surface area contributed by atoms with Gasteiger partial charge in [0, 0.05) is 20.4 Å². The van der Waals surface area contributed by atoms with Gasteiger partial charge >= 0.3 is 0 Å². The molecule has 0 spiro atoms. The third-order valence-corrected chi connectivity index (χ3v) is 3.66. The Morgan fingerprint density at radius 1 is 1.58 bits per heavy atom. The average molecular weight is 266 g/mol. The maximum atomic E-state index is 12.4. The summed E-state index contributed by atoms with van der Waals surface area (Å²) in [5, 5.41) is 10.5. The lowest BCUT2D eigenvalue weighted by Gasteiger charge is -2.35. The molecule has 2 N–H and O–H groups in total. The van der Waals surface area contributed by atoms with Crippen molar-refractivity contribution in [3.8, 4) is 0 Å². The van der Waals surface area contributed by atoms with Gasteiger partial charge in [-0.3, -0.25) is 9.48 Å². The summed E-state index contributed by atoms with van der Waals surface area (Å²) in [7, 11) is 3.51. The molecule has 19 heavy (non-hydrogen) atoms. The van der Waals surface area contributed by atoms with Crippen LogP contribution in [0, 0.1) is 5.41 Å². The van der Waals surface area contributed by atoms with Crippen molar-refractivity contribution in [1.82, 2.24) is 20.4 Å². The summed E-state index contributed by atoms with van der Waals surface area (Å²) >= 11 is 0. The van der Waals surface area contributed by atoms with Crippen molar-refractivity contribution < 1.29 is 9.53 Å². The van der Waals surface area contributed by atoms with Crippen molar-refractivity contribution in [2.24, 2.45) is 12.5 Å². The monoisotopic (exact) mass is 266 g/mol. The lowest BCUT2D eigenvalue weighted by atomic mass is 9.78. The van der Waals surface area contributed by atoms with Crippen LogP contribution >= 0.6 is 0 Å². The average Bonchev–Trinajstić information content (AvgIpc) is 2.83. The molecule has 0 unspecified atom stereocenters. The number of hydrogen-bond acceptors (Lipinski definition) is 4. The lowest BCUT2D eigenvalue weighted by molar-refractivity contribution is -0.136. The van der Waals surface area contributed by atoms with Crippen LogP contribution in [0.25, 0.3) is 0 Å². The van der Waals surface area contributed by atoms with E-state index in [2.05, 4.69) is 15.7 Å². The van der Waals surface area contributed by atoms with Gasteiger partial charge in [0.25, 0.3) is 0 Å². The summed E-state index contributed by atoms with van der Waals surface area (Å²) in [6.45, 7) is 2.67. The van der Waals surface area contributed by atoms with Crippen LogP contribution in [-0.2, 0) is 23.1 Å². The number of methoxy groups -OCH3 is 1. The largest absolute Gasteiger partial charge is 0.384 e. The normalized spacial score (nSPS) is 18.2. The Hall–Kier alpha value is -1.40. The van der Waals surface area contributed by atoms with E-state index in [0.29, 0.717) is 13.2 Å². The van der Waals surface area contributed by atoms with E-state index in [0.717, 1.165) is 31.6 Å². The number of nitrogens with one attached hydrogen (secondary N) is 2. The minimum Gasteiger partial charge on any atom is -0.384 e. The maximum Gasteiger partial charge on any atom is 0.228 e. The molecule has 0 atom stereocenters. The van der Waals surface area contributed by atoms with Gasteiger partial charge in [0.05, 0.1) is 24.3 Å². The van der Waals surface area contributed by atoms with Gasteiger partial charge in [-0.25, -0.2) is 0 Å². The fourth-order valence-corrected chi connectivity index (χ4v) is 2.53. The Bertz CT molecular complexity index is 419.